The predicted octanol–water partition coefficient (Wildman–Crippen LogP) is 5.96. The van der Waals surface area contributed by atoms with E-state index in [4.69, 9.17) is 4.74 Å². The highest BCUT2D eigenvalue weighted by Crippen LogP contribution is 2.35. The van der Waals surface area contributed by atoms with E-state index in [0.29, 0.717) is 30.7 Å². The molecule has 0 aliphatic carbocycles. The number of carboxylic acids is 1. The van der Waals surface area contributed by atoms with Gasteiger partial charge in [0.1, 0.15) is 11.9 Å². The maximum Gasteiger partial charge on any atom is 0.303 e. The van der Waals surface area contributed by atoms with Crippen LogP contribution in [0, 0.1) is 11.8 Å². The fourth-order valence-electron chi connectivity index (χ4n) is 5.61. The van der Waals surface area contributed by atoms with Crippen molar-refractivity contribution in [2.24, 2.45) is 11.8 Å². The third-order valence-corrected chi connectivity index (χ3v) is 7.66. The van der Waals surface area contributed by atoms with Crippen LogP contribution in [-0.2, 0) is 4.79 Å². The van der Waals surface area contributed by atoms with Crippen LogP contribution in [0.1, 0.15) is 61.9 Å². The molecule has 7 heteroatoms. The van der Waals surface area contributed by atoms with E-state index in [1.807, 2.05) is 54.6 Å². The average Bonchev–Trinajstić information content (AvgIpc) is 2.91. The number of benzene rings is 2. The quantitative estimate of drug-likeness (QED) is 0.314. The monoisotopic (exact) mass is 508 g/mol. The van der Waals surface area contributed by atoms with E-state index >= 15 is 0 Å². The molecule has 2 heterocycles. The molecule has 6 nitrogen and oxygen atoms in total. The molecular formula is C30H37FN2O4. The summed E-state index contributed by atoms with van der Waals surface area (Å²) >= 11 is 0. The lowest BCUT2D eigenvalue weighted by Crippen LogP contribution is -2.41. The molecule has 0 spiro atoms. The van der Waals surface area contributed by atoms with Gasteiger partial charge < -0.3 is 19.8 Å². The number of nitrogens with zero attached hydrogens (tertiary/aromatic N) is 2. The van der Waals surface area contributed by atoms with E-state index in [1.54, 1.807) is 13.3 Å². The summed E-state index contributed by atoms with van der Waals surface area (Å²) in [6, 6.07) is 16.7. The molecule has 3 aromatic rings. The van der Waals surface area contributed by atoms with Crippen molar-refractivity contribution in [2.75, 3.05) is 26.7 Å². The average molecular weight is 509 g/mol. The van der Waals surface area contributed by atoms with Gasteiger partial charge in [-0.15, -0.1) is 0 Å². The summed E-state index contributed by atoms with van der Waals surface area (Å²) in [5.74, 6) is 0.161. The molecule has 2 aromatic carbocycles. The number of carbonyl (C=O) groups is 1. The minimum absolute atomic E-state index is 0.0167. The van der Waals surface area contributed by atoms with Crippen molar-refractivity contribution in [1.82, 2.24) is 9.88 Å². The van der Waals surface area contributed by atoms with Gasteiger partial charge in [0.25, 0.3) is 0 Å². The second-order valence-electron chi connectivity index (χ2n) is 10.1. The molecule has 1 aliphatic rings. The van der Waals surface area contributed by atoms with Gasteiger partial charge >= 0.3 is 5.97 Å². The summed E-state index contributed by atoms with van der Waals surface area (Å²) < 4.78 is 19.9. The third kappa shape index (κ3) is 7.27. The van der Waals surface area contributed by atoms with Gasteiger partial charge in [-0.05, 0) is 92.4 Å². The second kappa shape index (κ2) is 13.0. The normalized spacial score (nSPS) is 20.0. The first-order chi connectivity index (χ1) is 17.9. The number of hydrogen-bond acceptors (Lipinski definition) is 5. The summed E-state index contributed by atoms with van der Waals surface area (Å²) in [5, 5.41) is 21.5. The highest BCUT2D eigenvalue weighted by Gasteiger charge is 2.31. The lowest BCUT2D eigenvalue weighted by Gasteiger charge is -2.38. The van der Waals surface area contributed by atoms with Crippen molar-refractivity contribution in [3.63, 3.8) is 0 Å². The maximum atomic E-state index is 14.5. The van der Waals surface area contributed by atoms with Crippen molar-refractivity contribution < 1.29 is 24.1 Å². The number of fused-ring (bicyclic) bond motifs is 1. The van der Waals surface area contributed by atoms with Gasteiger partial charge in [-0.3, -0.25) is 9.78 Å². The number of aliphatic carboxylic acids is 1. The van der Waals surface area contributed by atoms with Crippen molar-refractivity contribution in [2.45, 2.75) is 50.8 Å². The zero-order valence-corrected chi connectivity index (χ0v) is 21.4. The van der Waals surface area contributed by atoms with E-state index in [-0.39, 0.29) is 18.3 Å². The summed E-state index contributed by atoms with van der Waals surface area (Å²) in [6.45, 7) is 2.34. The Kier molecular flexibility index (Phi) is 9.47. The molecule has 1 aromatic heterocycles. The van der Waals surface area contributed by atoms with E-state index in [9.17, 15) is 19.4 Å². The molecule has 0 amide bonds. The molecular weight excluding hydrogens is 471 g/mol. The van der Waals surface area contributed by atoms with Gasteiger partial charge in [-0.25, -0.2) is 4.39 Å². The van der Waals surface area contributed by atoms with Crippen LogP contribution in [0.3, 0.4) is 0 Å². The van der Waals surface area contributed by atoms with Crippen LogP contribution in [0.15, 0.2) is 60.8 Å². The van der Waals surface area contributed by atoms with Crippen molar-refractivity contribution in [1.29, 1.82) is 0 Å². The summed E-state index contributed by atoms with van der Waals surface area (Å²) in [6.07, 6.45) is 3.57. The van der Waals surface area contributed by atoms with E-state index in [0.717, 1.165) is 48.8 Å². The first kappa shape index (κ1) is 27.0. The topological polar surface area (TPSA) is 82.9 Å². The Balaban J connectivity index is 1.32. The first-order valence-electron chi connectivity index (χ1n) is 13.2. The van der Waals surface area contributed by atoms with Crippen LogP contribution >= 0.6 is 0 Å². The Morgan fingerprint density at radius 1 is 1.16 bits per heavy atom. The Labute approximate surface area is 218 Å². The highest BCUT2D eigenvalue weighted by molar-refractivity contribution is 5.83. The largest absolute Gasteiger partial charge is 0.497 e. The van der Waals surface area contributed by atoms with Gasteiger partial charge in [0, 0.05) is 24.5 Å². The third-order valence-electron chi connectivity index (χ3n) is 7.66. The fourth-order valence-corrected chi connectivity index (χ4v) is 5.61. The molecule has 4 atom stereocenters. The molecule has 0 bridgehead atoms. The Bertz CT molecular complexity index is 1160. The molecule has 2 N–H and O–H groups in total. The molecule has 198 valence electrons. The van der Waals surface area contributed by atoms with Gasteiger partial charge in [0.15, 0.2) is 0 Å². The number of ether oxygens (including phenoxy) is 1. The zero-order chi connectivity index (χ0) is 26.2. The molecule has 1 fully saturated rings. The molecule has 0 unspecified atom stereocenters. The number of halogens is 1. The summed E-state index contributed by atoms with van der Waals surface area (Å²) in [5.41, 5.74) is 2.33. The molecule has 4 rings (SSSR count). The SMILES string of the molecule is COc1ccc2nccc([C@H](O)CC[C@@H]3CCN(CCC[C@H](F)c4ccccc4)C[C@@H]3CC(=O)O)c2c1. The van der Waals surface area contributed by atoms with E-state index in [2.05, 4.69) is 9.88 Å². The van der Waals surface area contributed by atoms with Crippen LogP contribution in [0.2, 0.25) is 0 Å². The predicted molar refractivity (Wildman–Crippen MR) is 142 cm³/mol. The van der Waals surface area contributed by atoms with Crippen molar-refractivity contribution in [3.8, 4) is 5.75 Å². The Morgan fingerprint density at radius 2 is 1.97 bits per heavy atom. The molecule has 37 heavy (non-hydrogen) atoms. The van der Waals surface area contributed by atoms with E-state index < -0.39 is 18.2 Å². The second-order valence-corrected chi connectivity index (χ2v) is 10.1. The number of aliphatic hydroxyl groups is 1. The van der Waals surface area contributed by atoms with Crippen LogP contribution in [0.5, 0.6) is 5.75 Å². The van der Waals surface area contributed by atoms with Crippen LogP contribution in [-0.4, -0.2) is 52.8 Å². The zero-order valence-electron chi connectivity index (χ0n) is 21.4. The number of pyridine rings is 1. The minimum Gasteiger partial charge on any atom is -0.497 e. The van der Waals surface area contributed by atoms with Gasteiger partial charge in [-0.2, -0.15) is 0 Å². The standard InChI is InChI=1S/C30H37FN2O4/c1-37-24-10-11-28-26(19-24)25(13-15-32-28)29(34)12-9-21-14-17-33(20-23(21)18-30(35)36)16-5-8-27(31)22-6-3-2-4-7-22/h2-4,6-7,10-11,13,15,19,21,23,27,29,34H,5,8-9,12,14,16-18,20H2,1H3,(H,35,36)/t21-,23+,27+,29-/m1/s1. The number of rotatable bonds is 12. The number of carboxylic acid groups (broad SMARTS) is 1. The van der Waals surface area contributed by atoms with Crippen LogP contribution in [0.25, 0.3) is 10.9 Å². The Hall–Kier alpha value is -3.03. The lowest BCUT2D eigenvalue weighted by molar-refractivity contribution is -0.139. The van der Waals surface area contributed by atoms with Crippen LogP contribution < -0.4 is 4.74 Å². The number of piperidine rings is 1. The number of hydrogen-bond donors (Lipinski definition) is 2. The summed E-state index contributed by atoms with van der Waals surface area (Å²) in [4.78, 5) is 18.3. The number of alkyl halides is 1. The minimum atomic E-state index is -0.973. The number of aliphatic hydroxyl groups excluding tert-OH is 1. The van der Waals surface area contributed by atoms with Crippen LogP contribution in [0.4, 0.5) is 4.39 Å². The molecule has 1 aliphatic heterocycles. The van der Waals surface area contributed by atoms with E-state index in [1.165, 1.54) is 0 Å². The van der Waals surface area contributed by atoms with Gasteiger partial charge in [-0.1, -0.05) is 30.3 Å². The Morgan fingerprint density at radius 3 is 2.73 bits per heavy atom. The lowest BCUT2D eigenvalue weighted by atomic mass is 9.79. The fraction of sp³-hybridized carbons (Fsp3) is 0.467. The van der Waals surface area contributed by atoms with Crippen molar-refractivity contribution in [3.05, 3.63) is 71.9 Å². The highest BCUT2D eigenvalue weighted by atomic mass is 19.1. The molecule has 1 saturated heterocycles. The van der Waals surface area contributed by atoms with Gasteiger partial charge in [0.2, 0.25) is 0 Å². The summed E-state index contributed by atoms with van der Waals surface area (Å²) in [7, 11) is 1.61. The number of methoxy groups -OCH3 is 1. The van der Waals surface area contributed by atoms with Gasteiger partial charge in [0.05, 0.1) is 18.7 Å². The maximum absolute atomic E-state index is 14.5. The number of aromatic nitrogens is 1. The van der Waals surface area contributed by atoms with Crippen molar-refractivity contribution >= 4 is 16.9 Å². The molecule has 0 radical (unpaired) electrons. The molecule has 0 saturated carbocycles. The number of likely N-dealkylation sites (tertiary alicyclic amines) is 1. The smallest absolute Gasteiger partial charge is 0.303 e. The first-order valence-corrected chi connectivity index (χ1v) is 13.2.